The van der Waals surface area contributed by atoms with Crippen molar-refractivity contribution < 1.29 is 14.1 Å². The molecule has 0 aliphatic heterocycles. The van der Waals surface area contributed by atoms with Gasteiger partial charge in [0, 0.05) is 12.6 Å². The molecule has 0 saturated carbocycles. The van der Waals surface area contributed by atoms with Crippen LogP contribution >= 0.6 is 23.2 Å². The highest BCUT2D eigenvalue weighted by molar-refractivity contribution is 6.53. The number of halogens is 2. The molecule has 0 radical (unpaired) electrons. The number of anilines is 1. The molecule has 6 nitrogen and oxygen atoms in total. The third-order valence-electron chi connectivity index (χ3n) is 2.31. The lowest BCUT2D eigenvalue weighted by atomic mass is 10.2. The molecule has 1 aromatic rings. The van der Waals surface area contributed by atoms with Crippen molar-refractivity contribution in [3.8, 4) is 0 Å². The number of aryl methyl sites for hydroxylation is 1. The van der Waals surface area contributed by atoms with Crippen LogP contribution in [0.3, 0.4) is 0 Å². The molecule has 1 rings (SSSR count). The summed E-state index contributed by atoms with van der Waals surface area (Å²) in [6, 6.07) is 1.58. The Bertz CT molecular complexity index is 474. The summed E-state index contributed by atoms with van der Waals surface area (Å²) < 4.78 is 4.83. The van der Waals surface area contributed by atoms with Crippen molar-refractivity contribution in [3.05, 3.63) is 11.8 Å². The quantitative estimate of drug-likeness (QED) is 0.815. The SMILES string of the molecule is Cc1cc(NC(=O)CN(CC(C)C)C(=O)C(Cl)Cl)no1. The summed E-state index contributed by atoms with van der Waals surface area (Å²) in [4.78, 5) is 23.8. The summed E-state index contributed by atoms with van der Waals surface area (Å²) in [5.74, 6) is 0.192. The average molecular weight is 322 g/mol. The minimum Gasteiger partial charge on any atom is -0.360 e. The van der Waals surface area contributed by atoms with Gasteiger partial charge in [-0.2, -0.15) is 0 Å². The molecule has 0 aliphatic carbocycles. The van der Waals surface area contributed by atoms with E-state index in [-0.39, 0.29) is 18.4 Å². The van der Waals surface area contributed by atoms with Gasteiger partial charge in [-0.15, -0.1) is 0 Å². The van der Waals surface area contributed by atoms with Crippen LogP contribution in [-0.4, -0.2) is 39.8 Å². The largest absolute Gasteiger partial charge is 0.360 e. The highest BCUT2D eigenvalue weighted by Gasteiger charge is 2.23. The summed E-state index contributed by atoms with van der Waals surface area (Å²) >= 11 is 11.1. The second kappa shape index (κ2) is 7.50. The molecule has 0 unspecified atom stereocenters. The smallest absolute Gasteiger partial charge is 0.256 e. The highest BCUT2D eigenvalue weighted by Crippen LogP contribution is 2.11. The highest BCUT2D eigenvalue weighted by atomic mass is 35.5. The van der Waals surface area contributed by atoms with Gasteiger partial charge in [-0.05, 0) is 12.8 Å². The van der Waals surface area contributed by atoms with Crippen LogP contribution in [0.1, 0.15) is 19.6 Å². The molecule has 0 atom stereocenters. The Morgan fingerprint density at radius 1 is 1.45 bits per heavy atom. The fourth-order valence-corrected chi connectivity index (χ4v) is 1.87. The Balaban J connectivity index is 2.64. The van der Waals surface area contributed by atoms with E-state index in [1.165, 1.54) is 4.90 Å². The molecule has 1 aromatic heterocycles. The summed E-state index contributed by atoms with van der Waals surface area (Å²) in [5, 5.41) is 6.18. The van der Waals surface area contributed by atoms with Gasteiger partial charge in [-0.3, -0.25) is 9.59 Å². The van der Waals surface area contributed by atoms with Crippen LogP contribution in [0.25, 0.3) is 0 Å². The zero-order chi connectivity index (χ0) is 15.3. The van der Waals surface area contributed by atoms with Crippen LogP contribution in [0.15, 0.2) is 10.6 Å². The molecule has 0 saturated heterocycles. The second-order valence-electron chi connectivity index (χ2n) is 4.78. The second-order valence-corrected chi connectivity index (χ2v) is 5.88. The fourth-order valence-electron chi connectivity index (χ4n) is 1.59. The summed E-state index contributed by atoms with van der Waals surface area (Å²) in [6.07, 6.45) is 0. The van der Waals surface area contributed by atoms with Gasteiger partial charge in [0.25, 0.3) is 5.91 Å². The van der Waals surface area contributed by atoms with Gasteiger partial charge >= 0.3 is 0 Å². The van der Waals surface area contributed by atoms with E-state index < -0.39 is 10.7 Å². The van der Waals surface area contributed by atoms with Crippen molar-refractivity contribution in [1.82, 2.24) is 10.1 Å². The van der Waals surface area contributed by atoms with E-state index >= 15 is 0 Å². The maximum atomic E-state index is 11.9. The number of nitrogens with zero attached hydrogens (tertiary/aromatic N) is 2. The van der Waals surface area contributed by atoms with Gasteiger partial charge in [-0.25, -0.2) is 0 Å². The average Bonchev–Trinajstić information content (AvgIpc) is 2.71. The minimum absolute atomic E-state index is 0.140. The van der Waals surface area contributed by atoms with Gasteiger partial charge in [0.2, 0.25) is 5.91 Å². The third kappa shape index (κ3) is 5.38. The first kappa shape index (κ1) is 16.8. The summed E-state index contributed by atoms with van der Waals surface area (Å²) in [6.45, 7) is 5.81. The first-order chi connectivity index (χ1) is 9.29. The molecule has 2 amide bonds. The van der Waals surface area contributed by atoms with E-state index in [4.69, 9.17) is 27.7 Å². The third-order valence-corrected chi connectivity index (χ3v) is 2.69. The molecular formula is C12H17Cl2N3O3. The Kier molecular flexibility index (Phi) is 6.29. The maximum absolute atomic E-state index is 11.9. The Hall–Kier alpha value is -1.27. The maximum Gasteiger partial charge on any atom is 0.256 e. The van der Waals surface area contributed by atoms with Gasteiger partial charge in [0.15, 0.2) is 10.7 Å². The number of carbonyl (C=O) groups is 2. The van der Waals surface area contributed by atoms with Crippen molar-refractivity contribution in [3.63, 3.8) is 0 Å². The van der Waals surface area contributed by atoms with Crippen LogP contribution < -0.4 is 5.32 Å². The molecular weight excluding hydrogens is 305 g/mol. The van der Waals surface area contributed by atoms with Crippen molar-refractivity contribution >= 4 is 40.8 Å². The van der Waals surface area contributed by atoms with E-state index in [2.05, 4.69) is 10.5 Å². The van der Waals surface area contributed by atoms with Crippen LogP contribution in [0.2, 0.25) is 0 Å². The number of hydrogen-bond acceptors (Lipinski definition) is 4. The Morgan fingerprint density at radius 3 is 2.55 bits per heavy atom. The summed E-state index contributed by atoms with van der Waals surface area (Å²) in [7, 11) is 0. The van der Waals surface area contributed by atoms with Gasteiger partial charge < -0.3 is 14.7 Å². The number of rotatable bonds is 6. The molecule has 8 heteroatoms. The van der Waals surface area contributed by atoms with E-state index in [1.54, 1.807) is 13.0 Å². The van der Waals surface area contributed by atoms with Crippen LogP contribution in [0, 0.1) is 12.8 Å². The lowest BCUT2D eigenvalue weighted by Crippen LogP contribution is -2.42. The molecule has 0 spiro atoms. The van der Waals surface area contributed by atoms with Crippen molar-refractivity contribution in [2.24, 2.45) is 5.92 Å². The fraction of sp³-hybridized carbons (Fsp3) is 0.583. The topological polar surface area (TPSA) is 75.4 Å². The Labute approximate surface area is 127 Å². The number of hydrogen-bond donors (Lipinski definition) is 1. The van der Waals surface area contributed by atoms with E-state index in [0.29, 0.717) is 18.1 Å². The van der Waals surface area contributed by atoms with E-state index in [9.17, 15) is 9.59 Å². The predicted molar refractivity (Wildman–Crippen MR) is 76.8 cm³/mol. The molecule has 1 heterocycles. The van der Waals surface area contributed by atoms with Gasteiger partial charge in [-0.1, -0.05) is 42.2 Å². The lowest BCUT2D eigenvalue weighted by Gasteiger charge is -2.24. The molecule has 0 bridgehead atoms. The number of aromatic nitrogens is 1. The van der Waals surface area contributed by atoms with Crippen LogP contribution in [0.5, 0.6) is 0 Å². The molecule has 0 aromatic carbocycles. The van der Waals surface area contributed by atoms with Crippen LogP contribution in [-0.2, 0) is 9.59 Å². The molecule has 1 N–H and O–H groups in total. The number of amides is 2. The summed E-state index contributed by atoms with van der Waals surface area (Å²) in [5.41, 5.74) is 0. The number of nitrogens with one attached hydrogen (secondary N) is 1. The number of alkyl halides is 2. The zero-order valence-corrected chi connectivity index (χ0v) is 13.0. The predicted octanol–water partition coefficient (Wildman–Crippen LogP) is 2.21. The van der Waals surface area contributed by atoms with E-state index in [1.807, 2.05) is 13.8 Å². The van der Waals surface area contributed by atoms with Gasteiger partial charge in [0.1, 0.15) is 5.76 Å². The lowest BCUT2D eigenvalue weighted by molar-refractivity contribution is -0.133. The van der Waals surface area contributed by atoms with Crippen LogP contribution in [0.4, 0.5) is 5.82 Å². The molecule has 0 fully saturated rings. The number of carbonyl (C=O) groups excluding carboxylic acids is 2. The van der Waals surface area contributed by atoms with E-state index in [0.717, 1.165) is 0 Å². The first-order valence-corrected chi connectivity index (χ1v) is 6.97. The normalized spacial score (nSPS) is 10.9. The van der Waals surface area contributed by atoms with Crippen molar-refractivity contribution in [2.45, 2.75) is 25.6 Å². The van der Waals surface area contributed by atoms with Gasteiger partial charge in [0.05, 0.1) is 6.54 Å². The molecule has 0 aliphatic rings. The molecule has 20 heavy (non-hydrogen) atoms. The zero-order valence-electron chi connectivity index (χ0n) is 11.5. The first-order valence-electron chi connectivity index (χ1n) is 6.09. The minimum atomic E-state index is -1.18. The van der Waals surface area contributed by atoms with Crippen molar-refractivity contribution in [1.29, 1.82) is 0 Å². The Morgan fingerprint density at radius 2 is 2.10 bits per heavy atom. The van der Waals surface area contributed by atoms with Crippen molar-refractivity contribution in [2.75, 3.05) is 18.4 Å². The molecule has 112 valence electrons. The standard InChI is InChI=1S/C12H17Cl2N3O3/c1-7(2)5-17(12(19)11(13)14)6-10(18)15-9-4-8(3)20-16-9/h4,7,11H,5-6H2,1-3H3,(H,15,16,18). The monoisotopic (exact) mass is 321 g/mol.